The maximum absolute atomic E-state index is 12.0. The van der Waals surface area contributed by atoms with Gasteiger partial charge in [0.15, 0.2) is 5.78 Å². The summed E-state index contributed by atoms with van der Waals surface area (Å²) in [5.41, 5.74) is 0.431. The van der Waals surface area contributed by atoms with Crippen LogP contribution in [0.3, 0.4) is 0 Å². The summed E-state index contributed by atoms with van der Waals surface area (Å²) in [6.07, 6.45) is 2.79. The molecule has 1 rings (SSSR count). The minimum absolute atomic E-state index is 0.00152. The Kier molecular flexibility index (Phi) is 4.54. The molecule has 0 aromatic rings. The highest BCUT2D eigenvalue weighted by Crippen LogP contribution is 2.22. The molecule has 0 unspecified atom stereocenters. The van der Waals surface area contributed by atoms with E-state index in [0.29, 0.717) is 6.54 Å². The third-order valence-corrected chi connectivity index (χ3v) is 2.64. The number of rotatable bonds is 2. The van der Waals surface area contributed by atoms with Crippen molar-refractivity contribution in [2.75, 3.05) is 6.54 Å². The van der Waals surface area contributed by atoms with E-state index < -0.39 is 5.60 Å². The molecule has 1 aliphatic rings. The molecule has 0 radical (unpaired) electrons. The first kappa shape index (κ1) is 14.7. The summed E-state index contributed by atoms with van der Waals surface area (Å²) in [7, 11) is 0. The van der Waals surface area contributed by atoms with Crippen LogP contribution in [0, 0.1) is 0 Å². The largest absolute Gasteiger partial charge is 0.444 e. The smallest absolute Gasteiger partial charge is 0.410 e. The lowest BCUT2D eigenvalue weighted by atomic mass is 10.1. The molecule has 102 valence electrons. The van der Waals surface area contributed by atoms with Gasteiger partial charge in [-0.25, -0.2) is 4.79 Å². The van der Waals surface area contributed by atoms with Gasteiger partial charge in [0.25, 0.3) is 0 Å². The number of nitrogens with zero attached hydrogens (tertiary/aromatic N) is 1. The van der Waals surface area contributed by atoms with Gasteiger partial charge in [-0.3, -0.25) is 9.69 Å². The van der Waals surface area contributed by atoms with E-state index in [0.717, 1.165) is 18.4 Å². The summed E-state index contributed by atoms with van der Waals surface area (Å²) in [6, 6.07) is -0.352. The zero-order valence-corrected chi connectivity index (χ0v) is 11.9. The van der Waals surface area contributed by atoms with Gasteiger partial charge in [-0.15, -0.1) is 0 Å². The number of hydrogen-bond donors (Lipinski definition) is 0. The van der Waals surface area contributed by atoms with Crippen molar-refractivity contribution < 1.29 is 14.3 Å². The Labute approximate surface area is 109 Å². The molecule has 0 N–H and O–H groups in total. The van der Waals surface area contributed by atoms with Crippen LogP contribution in [-0.4, -0.2) is 35.0 Å². The molecule has 1 aliphatic heterocycles. The summed E-state index contributed by atoms with van der Waals surface area (Å²) >= 11 is 0. The molecule has 1 saturated heterocycles. The van der Waals surface area contributed by atoms with Crippen molar-refractivity contribution >= 4 is 11.9 Å². The van der Waals surface area contributed by atoms with Crippen LogP contribution in [0.5, 0.6) is 0 Å². The highest BCUT2D eigenvalue weighted by molar-refractivity contribution is 5.96. The predicted molar refractivity (Wildman–Crippen MR) is 70.4 cm³/mol. The fraction of sp³-hybridized carbons (Fsp3) is 0.714. The molecule has 0 spiro atoms. The van der Waals surface area contributed by atoms with Crippen LogP contribution < -0.4 is 0 Å². The van der Waals surface area contributed by atoms with E-state index in [9.17, 15) is 9.59 Å². The van der Waals surface area contributed by atoms with Crippen molar-refractivity contribution in [2.45, 2.75) is 59.1 Å². The Morgan fingerprint density at radius 2 is 1.89 bits per heavy atom. The van der Waals surface area contributed by atoms with E-state index in [1.165, 1.54) is 0 Å². The minimum atomic E-state index is -0.524. The van der Waals surface area contributed by atoms with Crippen molar-refractivity contribution in [3.63, 3.8) is 0 Å². The molecule has 0 aliphatic carbocycles. The van der Waals surface area contributed by atoms with Crippen molar-refractivity contribution in [2.24, 2.45) is 0 Å². The molecule has 1 atom stereocenters. The van der Waals surface area contributed by atoms with Gasteiger partial charge in [-0.05, 0) is 53.5 Å². The fourth-order valence-electron chi connectivity index (χ4n) is 1.98. The lowest BCUT2D eigenvalue weighted by Crippen LogP contribution is -2.43. The Hall–Kier alpha value is -1.32. The van der Waals surface area contributed by atoms with Crippen LogP contribution in [0.15, 0.2) is 11.6 Å². The van der Waals surface area contributed by atoms with Gasteiger partial charge in [-0.1, -0.05) is 5.57 Å². The number of likely N-dealkylation sites (tertiary alicyclic amines) is 1. The molecule has 1 heterocycles. The average Bonchev–Trinajstić information content (AvgIpc) is 2.61. The molecule has 1 fully saturated rings. The number of carbonyl (C=O) groups is 2. The topological polar surface area (TPSA) is 46.6 Å². The highest BCUT2D eigenvalue weighted by atomic mass is 16.6. The van der Waals surface area contributed by atoms with Gasteiger partial charge < -0.3 is 4.74 Å². The van der Waals surface area contributed by atoms with E-state index in [-0.39, 0.29) is 17.9 Å². The average molecular weight is 253 g/mol. The Balaban J connectivity index is 2.74. The van der Waals surface area contributed by atoms with Gasteiger partial charge in [0, 0.05) is 6.54 Å². The van der Waals surface area contributed by atoms with Gasteiger partial charge >= 0.3 is 6.09 Å². The molecule has 4 nitrogen and oxygen atoms in total. The van der Waals surface area contributed by atoms with E-state index in [4.69, 9.17) is 4.74 Å². The molecule has 1 amide bonds. The van der Waals surface area contributed by atoms with Crippen molar-refractivity contribution in [3.8, 4) is 0 Å². The van der Waals surface area contributed by atoms with Crippen molar-refractivity contribution in [3.05, 3.63) is 11.6 Å². The van der Waals surface area contributed by atoms with Crippen LogP contribution in [0.2, 0.25) is 0 Å². The quantitative estimate of drug-likeness (QED) is 0.711. The number of amides is 1. The van der Waals surface area contributed by atoms with Crippen LogP contribution in [0.4, 0.5) is 4.79 Å². The van der Waals surface area contributed by atoms with E-state index in [1.54, 1.807) is 11.0 Å². The Morgan fingerprint density at radius 3 is 2.39 bits per heavy atom. The minimum Gasteiger partial charge on any atom is -0.444 e. The molecule has 0 bridgehead atoms. The Morgan fingerprint density at radius 1 is 1.28 bits per heavy atom. The zero-order chi connectivity index (χ0) is 13.9. The Bertz CT molecular complexity index is 362. The van der Waals surface area contributed by atoms with Gasteiger partial charge in [-0.2, -0.15) is 0 Å². The number of ketones is 1. The van der Waals surface area contributed by atoms with Crippen LogP contribution in [-0.2, 0) is 9.53 Å². The third-order valence-electron chi connectivity index (χ3n) is 2.64. The number of allylic oxidation sites excluding steroid dienone is 1. The van der Waals surface area contributed by atoms with Gasteiger partial charge in [0.05, 0.1) is 6.04 Å². The second kappa shape index (κ2) is 5.55. The SMILES string of the molecule is CC(C)=CC(=O)[C@H]1CCCN1C(=O)OC(C)(C)C. The maximum Gasteiger partial charge on any atom is 0.410 e. The number of hydrogen-bond acceptors (Lipinski definition) is 3. The van der Waals surface area contributed by atoms with Crippen molar-refractivity contribution in [1.29, 1.82) is 0 Å². The molecular formula is C14H23NO3. The summed E-state index contributed by atoms with van der Waals surface area (Å²) in [5.74, 6) is -0.00152. The number of carbonyl (C=O) groups excluding carboxylic acids is 2. The molecule has 0 aromatic heterocycles. The lowest BCUT2D eigenvalue weighted by molar-refractivity contribution is -0.118. The van der Waals surface area contributed by atoms with E-state index in [1.807, 2.05) is 34.6 Å². The van der Waals surface area contributed by atoms with E-state index >= 15 is 0 Å². The summed E-state index contributed by atoms with van der Waals surface area (Å²) in [5, 5.41) is 0. The summed E-state index contributed by atoms with van der Waals surface area (Å²) in [4.78, 5) is 25.6. The van der Waals surface area contributed by atoms with Crippen LogP contribution in [0.1, 0.15) is 47.5 Å². The number of ether oxygens (including phenoxy) is 1. The second-order valence-electron chi connectivity index (χ2n) is 5.96. The summed E-state index contributed by atoms with van der Waals surface area (Å²) < 4.78 is 5.32. The third kappa shape index (κ3) is 4.17. The molecule has 18 heavy (non-hydrogen) atoms. The van der Waals surface area contributed by atoms with E-state index in [2.05, 4.69) is 0 Å². The first-order valence-electron chi connectivity index (χ1n) is 6.39. The molecule has 0 saturated carbocycles. The monoisotopic (exact) mass is 253 g/mol. The first-order valence-corrected chi connectivity index (χ1v) is 6.39. The maximum atomic E-state index is 12.0. The predicted octanol–water partition coefficient (Wildman–Crippen LogP) is 2.92. The lowest BCUT2D eigenvalue weighted by Gasteiger charge is -2.27. The highest BCUT2D eigenvalue weighted by Gasteiger charge is 2.35. The standard InChI is InChI=1S/C14H23NO3/c1-10(2)9-12(16)11-7-6-8-15(11)13(17)18-14(3,4)5/h9,11H,6-8H2,1-5H3/t11-/m1/s1. The van der Waals surface area contributed by atoms with Gasteiger partial charge in [0.2, 0.25) is 0 Å². The fourth-order valence-corrected chi connectivity index (χ4v) is 1.98. The summed E-state index contributed by atoms with van der Waals surface area (Å²) in [6.45, 7) is 9.84. The normalized spacial score (nSPS) is 19.6. The molecule has 4 heteroatoms. The van der Waals surface area contributed by atoms with Crippen LogP contribution >= 0.6 is 0 Å². The first-order chi connectivity index (χ1) is 8.20. The zero-order valence-electron chi connectivity index (χ0n) is 11.9. The van der Waals surface area contributed by atoms with Crippen LogP contribution in [0.25, 0.3) is 0 Å². The van der Waals surface area contributed by atoms with Gasteiger partial charge in [0.1, 0.15) is 5.60 Å². The molecule has 0 aromatic carbocycles. The van der Waals surface area contributed by atoms with Crippen molar-refractivity contribution in [1.82, 2.24) is 4.90 Å². The molecular weight excluding hydrogens is 230 g/mol. The second-order valence-corrected chi connectivity index (χ2v) is 5.96.